The molecule has 1 aromatic heterocycles. The Morgan fingerprint density at radius 1 is 1.47 bits per heavy atom. The zero-order chi connectivity index (χ0) is 13.5. The van der Waals surface area contributed by atoms with Gasteiger partial charge in [0.15, 0.2) is 0 Å². The smallest absolute Gasteiger partial charge is 0.220 e. The van der Waals surface area contributed by atoms with Crippen LogP contribution in [0, 0.1) is 5.92 Å². The van der Waals surface area contributed by atoms with Crippen LogP contribution in [0.2, 0.25) is 0 Å². The predicted octanol–water partition coefficient (Wildman–Crippen LogP) is 2.73. The number of hydrogen-bond donors (Lipinski definition) is 2. The summed E-state index contributed by atoms with van der Waals surface area (Å²) in [7, 11) is 0. The molecule has 5 heteroatoms. The molecule has 0 saturated heterocycles. The van der Waals surface area contributed by atoms with Crippen molar-refractivity contribution in [2.24, 2.45) is 5.92 Å². The van der Waals surface area contributed by atoms with Crippen LogP contribution in [0.25, 0.3) is 0 Å². The second-order valence-corrected chi connectivity index (χ2v) is 5.56. The number of rotatable bonds is 6. The van der Waals surface area contributed by atoms with E-state index in [4.69, 9.17) is 0 Å². The summed E-state index contributed by atoms with van der Waals surface area (Å²) in [5.41, 5.74) is 0. The number of amides is 1. The SMILES string of the molecule is CC(NC(=O)CCCC1CCCCC1)c1ncn[nH]1. The van der Waals surface area contributed by atoms with Crippen LogP contribution in [0.3, 0.4) is 0 Å². The second-order valence-electron chi connectivity index (χ2n) is 5.56. The molecule has 1 heterocycles. The van der Waals surface area contributed by atoms with E-state index in [0.717, 1.165) is 12.3 Å². The lowest BCUT2D eigenvalue weighted by Crippen LogP contribution is -2.27. The molecule has 0 aliphatic heterocycles. The summed E-state index contributed by atoms with van der Waals surface area (Å²) in [6, 6.07) is -0.0929. The summed E-state index contributed by atoms with van der Waals surface area (Å²) in [5.74, 6) is 1.67. The van der Waals surface area contributed by atoms with Crippen molar-refractivity contribution >= 4 is 5.91 Å². The zero-order valence-corrected chi connectivity index (χ0v) is 11.7. The van der Waals surface area contributed by atoms with Gasteiger partial charge in [-0.2, -0.15) is 5.10 Å². The zero-order valence-electron chi connectivity index (χ0n) is 11.7. The highest BCUT2D eigenvalue weighted by molar-refractivity contribution is 5.76. The second kappa shape index (κ2) is 7.26. The summed E-state index contributed by atoms with van der Waals surface area (Å²) >= 11 is 0. The van der Waals surface area contributed by atoms with Gasteiger partial charge in [0.2, 0.25) is 5.91 Å². The molecule has 19 heavy (non-hydrogen) atoms. The number of hydrogen-bond acceptors (Lipinski definition) is 3. The molecule has 1 amide bonds. The molecule has 1 aliphatic carbocycles. The van der Waals surface area contributed by atoms with E-state index in [1.807, 2.05) is 6.92 Å². The Hall–Kier alpha value is -1.39. The van der Waals surface area contributed by atoms with Gasteiger partial charge in [0.1, 0.15) is 12.2 Å². The normalized spacial score (nSPS) is 18.2. The Balaban J connectivity index is 1.61. The van der Waals surface area contributed by atoms with Crippen molar-refractivity contribution in [1.82, 2.24) is 20.5 Å². The lowest BCUT2D eigenvalue weighted by Gasteiger charge is -2.21. The Morgan fingerprint density at radius 3 is 2.95 bits per heavy atom. The molecule has 1 aromatic rings. The van der Waals surface area contributed by atoms with E-state index in [2.05, 4.69) is 20.5 Å². The molecule has 106 valence electrons. The van der Waals surface area contributed by atoms with Crippen LogP contribution in [-0.4, -0.2) is 21.1 Å². The molecule has 5 nitrogen and oxygen atoms in total. The van der Waals surface area contributed by atoms with Crippen molar-refractivity contribution in [3.8, 4) is 0 Å². The number of aromatic amines is 1. The molecule has 1 unspecified atom stereocenters. The van der Waals surface area contributed by atoms with E-state index in [9.17, 15) is 4.79 Å². The average molecular weight is 264 g/mol. The minimum absolute atomic E-state index is 0.0929. The van der Waals surface area contributed by atoms with Gasteiger partial charge in [0, 0.05) is 6.42 Å². The van der Waals surface area contributed by atoms with Crippen molar-refractivity contribution in [2.75, 3.05) is 0 Å². The lowest BCUT2D eigenvalue weighted by molar-refractivity contribution is -0.121. The first kappa shape index (κ1) is 14.0. The highest BCUT2D eigenvalue weighted by atomic mass is 16.1. The fraction of sp³-hybridized carbons (Fsp3) is 0.786. The van der Waals surface area contributed by atoms with E-state index in [0.29, 0.717) is 12.2 Å². The first-order chi connectivity index (χ1) is 9.25. The molecular weight excluding hydrogens is 240 g/mol. The van der Waals surface area contributed by atoms with Gasteiger partial charge in [-0.3, -0.25) is 9.89 Å². The van der Waals surface area contributed by atoms with Crippen molar-refractivity contribution in [3.63, 3.8) is 0 Å². The third kappa shape index (κ3) is 4.65. The van der Waals surface area contributed by atoms with Gasteiger partial charge in [-0.15, -0.1) is 0 Å². The number of nitrogens with one attached hydrogen (secondary N) is 2. The maximum absolute atomic E-state index is 11.8. The first-order valence-electron chi connectivity index (χ1n) is 7.40. The molecule has 0 aromatic carbocycles. The maximum Gasteiger partial charge on any atom is 0.220 e. The van der Waals surface area contributed by atoms with Gasteiger partial charge in [-0.1, -0.05) is 32.1 Å². The number of carbonyl (C=O) groups is 1. The van der Waals surface area contributed by atoms with E-state index < -0.39 is 0 Å². The van der Waals surface area contributed by atoms with Crippen LogP contribution in [0.5, 0.6) is 0 Å². The first-order valence-corrected chi connectivity index (χ1v) is 7.40. The molecule has 1 fully saturated rings. The fourth-order valence-corrected chi connectivity index (χ4v) is 2.83. The largest absolute Gasteiger partial charge is 0.346 e. The standard InChI is InChI=1S/C14H24N4O/c1-11(14-15-10-16-18-14)17-13(19)9-5-8-12-6-3-2-4-7-12/h10-12H,2-9H2,1H3,(H,17,19)(H,15,16,18). The Kier molecular flexibility index (Phi) is 5.36. The van der Waals surface area contributed by atoms with Gasteiger partial charge < -0.3 is 5.32 Å². The number of aromatic nitrogens is 3. The van der Waals surface area contributed by atoms with E-state index in [1.54, 1.807) is 0 Å². The van der Waals surface area contributed by atoms with Crippen LogP contribution >= 0.6 is 0 Å². The fourth-order valence-electron chi connectivity index (χ4n) is 2.83. The molecule has 0 bridgehead atoms. The molecular formula is C14H24N4O. The van der Waals surface area contributed by atoms with Crippen LogP contribution < -0.4 is 5.32 Å². The van der Waals surface area contributed by atoms with Gasteiger partial charge in [0.25, 0.3) is 0 Å². The van der Waals surface area contributed by atoms with E-state index in [-0.39, 0.29) is 11.9 Å². The van der Waals surface area contributed by atoms with Gasteiger partial charge >= 0.3 is 0 Å². The number of H-pyrrole nitrogens is 1. The van der Waals surface area contributed by atoms with E-state index >= 15 is 0 Å². The predicted molar refractivity (Wildman–Crippen MR) is 73.4 cm³/mol. The number of carbonyl (C=O) groups excluding carboxylic acids is 1. The monoisotopic (exact) mass is 264 g/mol. The molecule has 1 saturated carbocycles. The van der Waals surface area contributed by atoms with Crippen LogP contribution in [0.4, 0.5) is 0 Å². The summed E-state index contributed by atoms with van der Waals surface area (Å²) < 4.78 is 0. The maximum atomic E-state index is 11.8. The Labute approximate surface area is 114 Å². The van der Waals surface area contributed by atoms with Crippen molar-refractivity contribution in [1.29, 1.82) is 0 Å². The average Bonchev–Trinajstić information content (AvgIpc) is 2.94. The summed E-state index contributed by atoms with van der Waals surface area (Å²) in [6.07, 6.45) is 11.1. The molecule has 0 radical (unpaired) electrons. The van der Waals surface area contributed by atoms with E-state index in [1.165, 1.54) is 44.9 Å². The van der Waals surface area contributed by atoms with Crippen molar-refractivity contribution in [3.05, 3.63) is 12.2 Å². The highest BCUT2D eigenvalue weighted by Crippen LogP contribution is 2.27. The van der Waals surface area contributed by atoms with Gasteiger partial charge in [-0.25, -0.2) is 4.98 Å². The van der Waals surface area contributed by atoms with Crippen LogP contribution in [0.15, 0.2) is 6.33 Å². The molecule has 1 atom stereocenters. The third-order valence-corrected chi connectivity index (χ3v) is 3.96. The van der Waals surface area contributed by atoms with Gasteiger partial charge in [-0.05, 0) is 25.7 Å². The molecule has 0 spiro atoms. The summed E-state index contributed by atoms with van der Waals surface area (Å²) in [4.78, 5) is 15.9. The summed E-state index contributed by atoms with van der Waals surface area (Å²) in [5, 5.41) is 9.51. The highest BCUT2D eigenvalue weighted by Gasteiger charge is 2.15. The molecule has 2 rings (SSSR count). The van der Waals surface area contributed by atoms with Crippen molar-refractivity contribution < 1.29 is 4.79 Å². The Morgan fingerprint density at radius 2 is 2.26 bits per heavy atom. The minimum atomic E-state index is -0.0929. The topological polar surface area (TPSA) is 70.7 Å². The minimum Gasteiger partial charge on any atom is -0.346 e. The molecule has 2 N–H and O–H groups in total. The summed E-state index contributed by atoms with van der Waals surface area (Å²) in [6.45, 7) is 1.92. The van der Waals surface area contributed by atoms with Gasteiger partial charge in [0.05, 0.1) is 6.04 Å². The Bertz CT molecular complexity index is 371. The molecule has 1 aliphatic rings. The lowest BCUT2D eigenvalue weighted by atomic mass is 9.86. The quantitative estimate of drug-likeness (QED) is 0.830. The third-order valence-electron chi connectivity index (χ3n) is 3.96. The van der Waals surface area contributed by atoms with Crippen molar-refractivity contribution in [2.45, 2.75) is 64.3 Å². The van der Waals surface area contributed by atoms with Crippen LogP contribution in [0.1, 0.15) is 70.2 Å². The number of nitrogens with zero attached hydrogens (tertiary/aromatic N) is 2. The van der Waals surface area contributed by atoms with Crippen LogP contribution in [-0.2, 0) is 4.79 Å².